The van der Waals surface area contributed by atoms with E-state index >= 15 is 0 Å². The highest BCUT2D eigenvalue weighted by Crippen LogP contribution is 2.07. The van der Waals surface area contributed by atoms with Gasteiger partial charge in [-0.25, -0.2) is 5.10 Å². The van der Waals surface area contributed by atoms with E-state index in [-0.39, 0.29) is 24.8 Å². The van der Waals surface area contributed by atoms with E-state index in [1.165, 1.54) is 0 Å². The van der Waals surface area contributed by atoms with Crippen molar-refractivity contribution >= 4 is 36.7 Å². The number of H-pyrrole nitrogens is 1. The van der Waals surface area contributed by atoms with Gasteiger partial charge in [0.2, 0.25) is 11.9 Å². The third-order valence-corrected chi connectivity index (χ3v) is 1.89. The van der Waals surface area contributed by atoms with Crippen LogP contribution in [0.4, 0.5) is 11.9 Å². The molecule has 1 fully saturated rings. The Bertz CT molecular complexity index is 259. The van der Waals surface area contributed by atoms with Crippen molar-refractivity contribution < 1.29 is 0 Å². The van der Waals surface area contributed by atoms with Gasteiger partial charge in [0.1, 0.15) is 0 Å². The first kappa shape index (κ1) is 13.3. The molecule has 82 valence electrons. The normalized spacial score (nSPS) is 15.6. The van der Waals surface area contributed by atoms with Crippen LogP contribution < -0.4 is 16.0 Å². The molecule has 4 N–H and O–H groups in total. The van der Waals surface area contributed by atoms with Gasteiger partial charge < -0.3 is 16.0 Å². The molecular weight excluding hydrogens is 227 g/mol. The summed E-state index contributed by atoms with van der Waals surface area (Å²) >= 11 is 0. The molecule has 6 nitrogen and oxygen atoms in total. The number of nitrogen functional groups attached to an aromatic ring is 1. The number of nitrogens with one attached hydrogen (secondary N) is 2. The molecule has 2 rings (SSSR count). The maximum Gasteiger partial charge on any atom is 0.246 e. The van der Waals surface area contributed by atoms with Gasteiger partial charge in [-0.05, 0) is 0 Å². The van der Waals surface area contributed by atoms with Crippen LogP contribution in [0, 0.1) is 0 Å². The summed E-state index contributed by atoms with van der Waals surface area (Å²) in [5, 5.41) is 9.85. The van der Waals surface area contributed by atoms with Gasteiger partial charge in [0.15, 0.2) is 0 Å². The molecule has 0 saturated carbocycles. The Labute approximate surface area is 94.5 Å². The Morgan fingerprint density at radius 3 is 2.36 bits per heavy atom. The maximum atomic E-state index is 5.41. The summed E-state index contributed by atoms with van der Waals surface area (Å²) in [5.41, 5.74) is 5.41. The molecule has 0 aromatic carbocycles. The van der Waals surface area contributed by atoms with Crippen molar-refractivity contribution in [3.63, 3.8) is 0 Å². The Morgan fingerprint density at radius 2 is 1.86 bits per heavy atom. The van der Waals surface area contributed by atoms with Gasteiger partial charge in [-0.15, -0.1) is 29.9 Å². The zero-order chi connectivity index (χ0) is 8.39. The highest BCUT2D eigenvalue weighted by Gasteiger charge is 2.13. The SMILES string of the molecule is Cl.Cl.Nc1nc(N2CCNCC2)n[nH]1. The summed E-state index contributed by atoms with van der Waals surface area (Å²) in [6.07, 6.45) is 0. The van der Waals surface area contributed by atoms with Crippen molar-refractivity contribution in [2.24, 2.45) is 0 Å². The van der Waals surface area contributed by atoms with Crippen LogP contribution in [0.25, 0.3) is 0 Å². The minimum atomic E-state index is 0. The minimum Gasteiger partial charge on any atom is -0.368 e. The molecular formula is C6H14Cl2N6. The van der Waals surface area contributed by atoms with Gasteiger partial charge in [-0.2, -0.15) is 4.98 Å². The topological polar surface area (TPSA) is 82.9 Å². The number of nitrogens with two attached hydrogens (primary N) is 1. The average Bonchev–Trinajstić information content (AvgIpc) is 2.54. The van der Waals surface area contributed by atoms with E-state index in [0.717, 1.165) is 26.2 Å². The monoisotopic (exact) mass is 240 g/mol. The number of piperazine rings is 1. The lowest BCUT2D eigenvalue weighted by molar-refractivity contribution is 0.580. The van der Waals surface area contributed by atoms with E-state index in [2.05, 4.69) is 25.4 Å². The van der Waals surface area contributed by atoms with Crippen molar-refractivity contribution in [1.82, 2.24) is 20.5 Å². The molecule has 1 aliphatic rings. The average molecular weight is 241 g/mol. The largest absolute Gasteiger partial charge is 0.368 e. The lowest BCUT2D eigenvalue weighted by Crippen LogP contribution is -2.44. The molecule has 0 spiro atoms. The number of anilines is 2. The van der Waals surface area contributed by atoms with Crippen molar-refractivity contribution in [2.45, 2.75) is 0 Å². The molecule has 1 aromatic heterocycles. The zero-order valence-electron chi connectivity index (χ0n) is 7.56. The van der Waals surface area contributed by atoms with Crippen molar-refractivity contribution in [1.29, 1.82) is 0 Å². The third-order valence-electron chi connectivity index (χ3n) is 1.89. The summed E-state index contributed by atoms with van der Waals surface area (Å²) < 4.78 is 0. The Morgan fingerprint density at radius 1 is 1.21 bits per heavy atom. The van der Waals surface area contributed by atoms with Crippen LogP contribution in [0.1, 0.15) is 0 Å². The first-order chi connectivity index (χ1) is 5.86. The molecule has 1 aliphatic heterocycles. The van der Waals surface area contributed by atoms with Gasteiger partial charge in [-0.1, -0.05) is 0 Å². The lowest BCUT2D eigenvalue weighted by Gasteiger charge is -2.25. The summed E-state index contributed by atoms with van der Waals surface area (Å²) in [7, 11) is 0. The van der Waals surface area contributed by atoms with E-state index < -0.39 is 0 Å². The van der Waals surface area contributed by atoms with Gasteiger partial charge in [-0.3, -0.25) is 0 Å². The van der Waals surface area contributed by atoms with Crippen LogP contribution >= 0.6 is 24.8 Å². The maximum absolute atomic E-state index is 5.41. The molecule has 2 heterocycles. The smallest absolute Gasteiger partial charge is 0.246 e. The second-order valence-corrected chi connectivity index (χ2v) is 2.76. The fourth-order valence-electron chi connectivity index (χ4n) is 1.27. The molecule has 0 amide bonds. The number of hydrogen-bond donors (Lipinski definition) is 3. The van der Waals surface area contributed by atoms with Crippen LogP contribution in [0.15, 0.2) is 0 Å². The van der Waals surface area contributed by atoms with Crippen molar-refractivity contribution in [3.8, 4) is 0 Å². The predicted octanol–water partition coefficient (Wildman–Crippen LogP) is -0.360. The fourth-order valence-corrected chi connectivity index (χ4v) is 1.27. The van der Waals surface area contributed by atoms with E-state index in [1.807, 2.05) is 0 Å². The minimum absolute atomic E-state index is 0. The van der Waals surface area contributed by atoms with Crippen LogP contribution in [0.3, 0.4) is 0 Å². The quantitative estimate of drug-likeness (QED) is 0.625. The molecule has 1 aromatic rings. The van der Waals surface area contributed by atoms with E-state index in [9.17, 15) is 0 Å². The summed E-state index contributed by atoms with van der Waals surface area (Å²) in [6, 6.07) is 0. The van der Waals surface area contributed by atoms with Crippen LogP contribution in [0.2, 0.25) is 0 Å². The molecule has 1 saturated heterocycles. The number of aromatic nitrogens is 3. The van der Waals surface area contributed by atoms with Gasteiger partial charge in [0.05, 0.1) is 0 Å². The van der Waals surface area contributed by atoms with Crippen LogP contribution in [-0.4, -0.2) is 41.4 Å². The first-order valence-electron chi connectivity index (χ1n) is 4.00. The standard InChI is InChI=1S/C6H12N6.2ClH/c7-5-9-6(11-10-5)12-3-1-8-2-4-12;;/h8H,1-4H2,(H3,7,9,10,11);2*1H. The molecule has 0 aliphatic carbocycles. The van der Waals surface area contributed by atoms with Crippen molar-refractivity contribution in [3.05, 3.63) is 0 Å². The number of rotatable bonds is 1. The fraction of sp³-hybridized carbons (Fsp3) is 0.667. The number of halogens is 2. The first-order valence-corrected chi connectivity index (χ1v) is 4.00. The number of aromatic amines is 1. The Hall–Kier alpha value is -0.720. The van der Waals surface area contributed by atoms with E-state index in [4.69, 9.17) is 5.73 Å². The Balaban J connectivity index is 0.000000845. The van der Waals surface area contributed by atoms with Gasteiger partial charge in [0.25, 0.3) is 0 Å². The molecule has 0 bridgehead atoms. The highest BCUT2D eigenvalue weighted by molar-refractivity contribution is 5.85. The summed E-state index contributed by atoms with van der Waals surface area (Å²) in [5.74, 6) is 1.08. The molecule has 8 heteroatoms. The van der Waals surface area contributed by atoms with Crippen LogP contribution in [0.5, 0.6) is 0 Å². The van der Waals surface area contributed by atoms with E-state index in [0.29, 0.717) is 11.9 Å². The third kappa shape index (κ3) is 2.90. The number of hydrogen-bond acceptors (Lipinski definition) is 5. The lowest BCUT2D eigenvalue weighted by atomic mass is 10.4. The second-order valence-electron chi connectivity index (χ2n) is 2.76. The Kier molecular flexibility index (Phi) is 5.59. The second kappa shape index (κ2) is 5.90. The van der Waals surface area contributed by atoms with E-state index in [1.54, 1.807) is 0 Å². The summed E-state index contributed by atoms with van der Waals surface area (Å²) in [6.45, 7) is 3.84. The molecule has 0 atom stereocenters. The van der Waals surface area contributed by atoms with Crippen LogP contribution in [-0.2, 0) is 0 Å². The highest BCUT2D eigenvalue weighted by atomic mass is 35.5. The molecule has 14 heavy (non-hydrogen) atoms. The molecule has 0 unspecified atom stereocenters. The van der Waals surface area contributed by atoms with Crippen molar-refractivity contribution in [2.75, 3.05) is 36.8 Å². The van der Waals surface area contributed by atoms with Gasteiger partial charge >= 0.3 is 0 Å². The van der Waals surface area contributed by atoms with Gasteiger partial charge in [0, 0.05) is 26.2 Å². The predicted molar refractivity (Wildman–Crippen MR) is 60.4 cm³/mol. The number of nitrogens with zero attached hydrogens (tertiary/aromatic N) is 3. The zero-order valence-corrected chi connectivity index (χ0v) is 9.20. The molecule has 0 radical (unpaired) electrons. The summed E-state index contributed by atoms with van der Waals surface area (Å²) in [4.78, 5) is 6.14.